The van der Waals surface area contributed by atoms with E-state index in [0.717, 1.165) is 5.56 Å². The molecule has 0 atom stereocenters. The largest absolute Gasteiger partial charge is 0.378 e. The third kappa shape index (κ3) is 5.98. The summed E-state index contributed by atoms with van der Waals surface area (Å²) in [4.78, 5) is 12.4. The van der Waals surface area contributed by atoms with Crippen molar-refractivity contribution >= 4 is 55.3 Å². The highest BCUT2D eigenvalue weighted by atomic mass is 79.9. The van der Waals surface area contributed by atoms with E-state index in [1.807, 2.05) is 13.0 Å². The summed E-state index contributed by atoms with van der Waals surface area (Å²) in [6.45, 7) is 1.85. The number of amides is 1. The molecule has 0 bridgehead atoms. The lowest BCUT2D eigenvalue weighted by Crippen LogP contribution is -2.13. The molecule has 162 valence electrons. The fourth-order valence-electron chi connectivity index (χ4n) is 2.59. The molecule has 0 fully saturated rings. The zero-order valence-electron chi connectivity index (χ0n) is 16.7. The number of carbonyl (C=O) groups excluding carboxylic acids is 1. The Kier molecular flexibility index (Phi) is 7.36. The predicted molar refractivity (Wildman–Crippen MR) is 127 cm³/mol. The van der Waals surface area contributed by atoms with Gasteiger partial charge in [-0.2, -0.15) is 13.7 Å². The van der Waals surface area contributed by atoms with E-state index in [2.05, 4.69) is 21.2 Å². The molecule has 6 nitrogen and oxygen atoms in total. The zero-order chi connectivity index (χ0) is 23.3. The van der Waals surface area contributed by atoms with E-state index in [1.54, 1.807) is 42.5 Å². The zero-order valence-corrected chi connectivity index (χ0v) is 19.8. The monoisotopic (exact) mass is 530 g/mol. The summed E-state index contributed by atoms with van der Waals surface area (Å²) in [6.07, 6.45) is 1.38. The van der Waals surface area contributed by atoms with Crippen molar-refractivity contribution in [2.75, 3.05) is 5.32 Å². The molecule has 0 heterocycles. The standard InChI is InChI=1S/C23H16BrClN2O4S/c1-15-2-9-20(10-3-15)32(29,30)31-22-11-4-16(13-21(22)24)12-17(14-26)23(28)27-19-7-5-18(25)6-8-19/h2-13H,1H3,(H,27,28)/b17-12+. The third-order valence-corrected chi connectivity index (χ3v) is 6.36. The Bertz CT molecular complexity index is 1330. The molecule has 0 radical (unpaired) electrons. The first-order chi connectivity index (χ1) is 15.2. The van der Waals surface area contributed by atoms with Crippen LogP contribution in [-0.4, -0.2) is 14.3 Å². The number of nitrogens with zero attached hydrogens (tertiary/aromatic N) is 1. The van der Waals surface area contributed by atoms with Gasteiger partial charge in [-0.1, -0.05) is 35.4 Å². The van der Waals surface area contributed by atoms with Gasteiger partial charge < -0.3 is 9.50 Å². The van der Waals surface area contributed by atoms with Gasteiger partial charge in [0.25, 0.3) is 5.91 Å². The number of hydrogen-bond acceptors (Lipinski definition) is 5. The third-order valence-electron chi connectivity index (χ3n) is 4.24. The van der Waals surface area contributed by atoms with E-state index >= 15 is 0 Å². The number of nitriles is 1. The average molecular weight is 532 g/mol. The van der Waals surface area contributed by atoms with Crippen LogP contribution in [0.25, 0.3) is 6.08 Å². The van der Waals surface area contributed by atoms with Gasteiger partial charge in [0.15, 0.2) is 5.75 Å². The highest BCUT2D eigenvalue weighted by molar-refractivity contribution is 9.10. The van der Waals surface area contributed by atoms with Crippen LogP contribution in [0.5, 0.6) is 5.75 Å². The molecule has 1 amide bonds. The number of rotatable bonds is 6. The molecule has 32 heavy (non-hydrogen) atoms. The number of halogens is 2. The van der Waals surface area contributed by atoms with Gasteiger partial charge in [0.2, 0.25) is 0 Å². The minimum atomic E-state index is -4.02. The second-order valence-corrected chi connectivity index (χ2v) is 9.51. The summed E-state index contributed by atoms with van der Waals surface area (Å²) < 4.78 is 30.6. The van der Waals surface area contributed by atoms with Gasteiger partial charge in [-0.3, -0.25) is 4.79 Å². The smallest absolute Gasteiger partial charge is 0.339 e. The van der Waals surface area contributed by atoms with Crippen molar-refractivity contribution in [3.63, 3.8) is 0 Å². The van der Waals surface area contributed by atoms with Crippen molar-refractivity contribution in [3.05, 3.63) is 92.9 Å². The van der Waals surface area contributed by atoms with E-state index < -0.39 is 16.0 Å². The van der Waals surface area contributed by atoms with E-state index in [-0.39, 0.29) is 16.2 Å². The minimum absolute atomic E-state index is 0.0320. The van der Waals surface area contributed by atoms with Crippen LogP contribution in [0.1, 0.15) is 11.1 Å². The van der Waals surface area contributed by atoms with E-state index in [9.17, 15) is 18.5 Å². The molecule has 0 aliphatic heterocycles. The second kappa shape index (κ2) is 10.0. The predicted octanol–water partition coefficient (Wildman–Crippen LogP) is 5.72. The Hall–Kier alpha value is -3.12. The SMILES string of the molecule is Cc1ccc(S(=O)(=O)Oc2ccc(/C=C(\C#N)C(=O)Nc3ccc(Cl)cc3)cc2Br)cc1. The molecule has 0 aliphatic rings. The highest BCUT2D eigenvalue weighted by Crippen LogP contribution is 2.30. The molecule has 9 heteroatoms. The molecule has 0 spiro atoms. The Morgan fingerprint density at radius 1 is 1.09 bits per heavy atom. The van der Waals surface area contributed by atoms with Gasteiger partial charge in [0, 0.05) is 10.7 Å². The lowest BCUT2D eigenvalue weighted by Gasteiger charge is -2.10. The topological polar surface area (TPSA) is 96.3 Å². The number of nitrogens with one attached hydrogen (secondary N) is 1. The van der Waals surface area contributed by atoms with Gasteiger partial charge in [-0.05, 0) is 83.0 Å². The summed E-state index contributed by atoms with van der Waals surface area (Å²) in [7, 11) is -4.02. The van der Waals surface area contributed by atoms with Crippen molar-refractivity contribution in [1.29, 1.82) is 5.26 Å². The molecule has 3 aromatic rings. The first-order valence-corrected chi connectivity index (χ1v) is 11.8. The number of benzene rings is 3. The Labute approximate surface area is 199 Å². The Morgan fingerprint density at radius 2 is 1.75 bits per heavy atom. The average Bonchev–Trinajstić information content (AvgIpc) is 2.75. The van der Waals surface area contributed by atoms with Crippen LogP contribution < -0.4 is 9.50 Å². The Balaban J connectivity index is 1.79. The number of aryl methyl sites for hydroxylation is 1. The fraction of sp³-hybridized carbons (Fsp3) is 0.0435. The molecule has 0 unspecified atom stereocenters. The highest BCUT2D eigenvalue weighted by Gasteiger charge is 2.18. The van der Waals surface area contributed by atoms with Crippen molar-refractivity contribution in [1.82, 2.24) is 0 Å². The normalized spacial score (nSPS) is 11.5. The number of carbonyl (C=O) groups is 1. The number of anilines is 1. The van der Waals surface area contributed by atoms with E-state index in [0.29, 0.717) is 20.7 Å². The summed E-state index contributed by atoms with van der Waals surface area (Å²) in [5.41, 5.74) is 1.79. The summed E-state index contributed by atoms with van der Waals surface area (Å²) in [5, 5.41) is 12.5. The minimum Gasteiger partial charge on any atom is -0.378 e. The van der Waals surface area contributed by atoms with Crippen LogP contribution in [0.3, 0.4) is 0 Å². The first kappa shape index (κ1) is 23.5. The summed E-state index contributed by atoms with van der Waals surface area (Å²) in [5.74, 6) is -0.514. The van der Waals surface area contributed by atoms with E-state index in [1.165, 1.54) is 30.3 Å². The van der Waals surface area contributed by atoms with Crippen LogP contribution in [0.15, 0.2) is 81.7 Å². The van der Waals surface area contributed by atoms with Crippen molar-refractivity contribution < 1.29 is 17.4 Å². The maximum absolute atomic E-state index is 12.5. The second-order valence-electron chi connectivity index (χ2n) is 6.67. The summed E-state index contributed by atoms with van der Waals surface area (Å²) >= 11 is 9.10. The van der Waals surface area contributed by atoms with Crippen LogP contribution in [-0.2, 0) is 14.9 Å². The van der Waals surface area contributed by atoms with Crippen molar-refractivity contribution in [3.8, 4) is 11.8 Å². The maximum Gasteiger partial charge on any atom is 0.339 e. The molecule has 0 aliphatic carbocycles. The van der Waals surface area contributed by atoms with Crippen molar-refractivity contribution in [2.45, 2.75) is 11.8 Å². The van der Waals surface area contributed by atoms with Crippen LogP contribution in [0.4, 0.5) is 5.69 Å². The van der Waals surface area contributed by atoms with Gasteiger partial charge >= 0.3 is 10.1 Å². The van der Waals surface area contributed by atoms with Crippen LogP contribution >= 0.6 is 27.5 Å². The molecular weight excluding hydrogens is 516 g/mol. The van der Waals surface area contributed by atoms with Gasteiger partial charge in [0.1, 0.15) is 16.5 Å². The van der Waals surface area contributed by atoms with Gasteiger partial charge in [-0.25, -0.2) is 0 Å². The van der Waals surface area contributed by atoms with Gasteiger partial charge in [-0.15, -0.1) is 0 Å². The van der Waals surface area contributed by atoms with Gasteiger partial charge in [0.05, 0.1) is 4.47 Å². The molecule has 3 aromatic carbocycles. The molecule has 3 rings (SSSR count). The Morgan fingerprint density at radius 3 is 2.34 bits per heavy atom. The lowest BCUT2D eigenvalue weighted by atomic mass is 10.1. The van der Waals surface area contributed by atoms with Crippen LogP contribution in [0.2, 0.25) is 5.02 Å². The maximum atomic E-state index is 12.5. The lowest BCUT2D eigenvalue weighted by molar-refractivity contribution is -0.112. The molecular formula is C23H16BrClN2O4S. The van der Waals surface area contributed by atoms with Crippen molar-refractivity contribution in [2.24, 2.45) is 0 Å². The van der Waals surface area contributed by atoms with E-state index in [4.69, 9.17) is 15.8 Å². The quantitative estimate of drug-likeness (QED) is 0.249. The molecule has 1 N–H and O–H groups in total. The summed E-state index contributed by atoms with van der Waals surface area (Å²) in [6, 6.07) is 19.1. The molecule has 0 saturated carbocycles. The first-order valence-electron chi connectivity index (χ1n) is 9.17. The van der Waals surface area contributed by atoms with Crippen LogP contribution in [0, 0.1) is 18.3 Å². The fourth-order valence-corrected chi connectivity index (χ4v) is 4.25. The molecule has 0 aromatic heterocycles. The number of hydrogen-bond donors (Lipinski definition) is 1. The molecule has 0 saturated heterocycles.